The lowest BCUT2D eigenvalue weighted by molar-refractivity contribution is -0.130. The molecule has 0 saturated carbocycles. The molecule has 0 aromatic heterocycles. The molecule has 1 aromatic rings. The maximum Gasteiger partial charge on any atom is 0.236 e. The van der Waals surface area contributed by atoms with E-state index in [2.05, 4.69) is 6.92 Å². The summed E-state index contributed by atoms with van der Waals surface area (Å²) in [4.78, 5) is 13.5. The number of carbonyl (C=O) groups excluding carboxylic acids is 1. The largest absolute Gasteiger partial charge is 0.334 e. The molecule has 1 aliphatic rings. The van der Waals surface area contributed by atoms with Gasteiger partial charge in [0.25, 0.3) is 0 Å². The minimum absolute atomic E-state index is 0.0124. The highest BCUT2D eigenvalue weighted by Crippen LogP contribution is 2.35. The summed E-state index contributed by atoms with van der Waals surface area (Å²) in [6.07, 6.45) is 0.870. The average molecular weight is 236 g/mol. The third-order valence-corrected chi connectivity index (χ3v) is 3.24. The Morgan fingerprint density at radius 1 is 1.59 bits per heavy atom. The maximum absolute atomic E-state index is 13.2. The summed E-state index contributed by atoms with van der Waals surface area (Å²) in [5, 5.41) is 0. The number of likely N-dealkylation sites (tertiary alicyclic amines) is 1. The Bertz CT molecular complexity index is 422. The van der Waals surface area contributed by atoms with Crippen LogP contribution in [0.15, 0.2) is 24.3 Å². The predicted octanol–water partition coefficient (Wildman–Crippen LogP) is 1.69. The van der Waals surface area contributed by atoms with Gasteiger partial charge in [-0.2, -0.15) is 0 Å². The van der Waals surface area contributed by atoms with E-state index in [1.165, 1.54) is 12.1 Å². The van der Waals surface area contributed by atoms with E-state index in [1.54, 1.807) is 11.0 Å². The summed E-state index contributed by atoms with van der Waals surface area (Å²) >= 11 is 0. The molecule has 2 N–H and O–H groups in total. The number of rotatable bonds is 2. The maximum atomic E-state index is 13.2. The number of halogens is 1. The van der Waals surface area contributed by atoms with Crippen LogP contribution in [0.1, 0.15) is 24.9 Å². The van der Waals surface area contributed by atoms with E-state index in [-0.39, 0.29) is 24.3 Å². The number of carbonyl (C=O) groups is 1. The molecule has 1 aromatic carbocycles. The van der Waals surface area contributed by atoms with Gasteiger partial charge in [-0.25, -0.2) is 4.39 Å². The second-order valence-corrected chi connectivity index (χ2v) is 4.66. The van der Waals surface area contributed by atoms with E-state index in [0.29, 0.717) is 12.5 Å². The SMILES string of the molecule is C[C@H]1C[C@@H](c2cccc(F)c2)N(C(=O)CN)C1. The first-order valence-corrected chi connectivity index (χ1v) is 5.87. The van der Waals surface area contributed by atoms with Crippen molar-refractivity contribution in [1.82, 2.24) is 4.90 Å². The van der Waals surface area contributed by atoms with Crippen molar-refractivity contribution in [2.45, 2.75) is 19.4 Å². The third kappa shape index (κ3) is 2.47. The fourth-order valence-electron chi connectivity index (χ4n) is 2.47. The molecule has 92 valence electrons. The molecule has 1 heterocycles. The lowest BCUT2D eigenvalue weighted by Crippen LogP contribution is -2.35. The van der Waals surface area contributed by atoms with Gasteiger partial charge in [-0.1, -0.05) is 19.1 Å². The molecular formula is C13H17FN2O. The Kier molecular flexibility index (Phi) is 3.43. The van der Waals surface area contributed by atoms with Crippen molar-refractivity contribution in [1.29, 1.82) is 0 Å². The quantitative estimate of drug-likeness (QED) is 0.849. The van der Waals surface area contributed by atoms with Gasteiger partial charge in [-0.15, -0.1) is 0 Å². The monoisotopic (exact) mass is 236 g/mol. The van der Waals surface area contributed by atoms with Crippen LogP contribution < -0.4 is 5.73 Å². The van der Waals surface area contributed by atoms with Crippen molar-refractivity contribution in [2.24, 2.45) is 11.7 Å². The minimum atomic E-state index is -0.262. The molecule has 17 heavy (non-hydrogen) atoms. The van der Waals surface area contributed by atoms with Gasteiger partial charge in [0.05, 0.1) is 12.6 Å². The summed E-state index contributed by atoms with van der Waals surface area (Å²) in [5.41, 5.74) is 6.26. The van der Waals surface area contributed by atoms with Crippen molar-refractivity contribution in [3.05, 3.63) is 35.6 Å². The molecule has 2 rings (SSSR count). The first kappa shape index (κ1) is 12.0. The Morgan fingerprint density at radius 3 is 3.00 bits per heavy atom. The summed E-state index contributed by atoms with van der Waals surface area (Å²) in [6.45, 7) is 2.81. The molecule has 1 saturated heterocycles. The van der Waals surface area contributed by atoms with E-state index in [4.69, 9.17) is 5.73 Å². The van der Waals surface area contributed by atoms with Crippen molar-refractivity contribution < 1.29 is 9.18 Å². The number of hydrogen-bond donors (Lipinski definition) is 1. The number of amides is 1. The van der Waals surface area contributed by atoms with Crippen molar-refractivity contribution in [2.75, 3.05) is 13.1 Å². The van der Waals surface area contributed by atoms with Crippen LogP contribution in [0.5, 0.6) is 0 Å². The van der Waals surface area contributed by atoms with Gasteiger partial charge in [-0.05, 0) is 30.0 Å². The van der Waals surface area contributed by atoms with E-state index in [9.17, 15) is 9.18 Å². The number of hydrogen-bond acceptors (Lipinski definition) is 2. The standard InChI is InChI=1S/C13H17FN2O/c1-9-5-12(16(8-9)13(17)7-15)10-3-2-4-11(14)6-10/h2-4,6,9,12H,5,7-8,15H2,1H3/t9-,12-/m0/s1. The predicted molar refractivity (Wildman–Crippen MR) is 63.7 cm³/mol. The Morgan fingerprint density at radius 2 is 2.35 bits per heavy atom. The Labute approximate surface area is 100 Å². The molecule has 1 amide bonds. The molecule has 3 nitrogen and oxygen atoms in total. The van der Waals surface area contributed by atoms with E-state index in [1.807, 2.05) is 6.07 Å². The lowest BCUT2D eigenvalue weighted by Gasteiger charge is -2.24. The van der Waals surface area contributed by atoms with Crippen LogP contribution in [0.2, 0.25) is 0 Å². The zero-order valence-electron chi connectivity index (χ0n) is 9.90. The van der Waals surface area contributed by atoms with Crippen molar-refractivity contribution in [3.63, 3.8) is 0 Å². The van der Waals surface area contributed by atoms with Crippen LogP contribution in [0, 0.1) is 11.7 Å². The van der Waals surface area contributed by atoms with E-state index in [0.717, 1.165) is 12.0 Å². The fraction of sp³-hybridized carbons (Fsp3) is 0.462. The normalized spacial score (nSPS) is 24.1. The highest BCUT2D eigenvalue weighted by atomic mass is 19.1. The molecule has 4 heteroatoms. The van der Waals surface area contributed by atoms with E-state index >= 15 is 0 Å². The average Bonchev–Trinajstić information content (AvgIpc) is 2.70. The molecule has 0 bridgehead atoms. The van der Waals surface area contributed by atoms with Gasteiger partial charge in [0.2, 0.25) is 5.91 Å². The van der Waals surface area contributed by atoms with Gasteiger partial charge < -0.3 is 10.6 Å². The van der Waals surface area contributed by atoms with Crippen molar-refractivity contribution >= 4 is 5.91 Å². The number of nitrogens with zero attached hydrogens (tertiary/aromatic N) is 1. The first-order valence-electron chi connectivity index (χ1n) is 5.87. The molecule has 2 atom stereocenters. The van der Waals surface area contributed by atoms with Gasteiger partial charge in [0.15, 0.2) is 0 Å². The second-order valence-electron chi connectivity index (χ2n) is 4.66. The zero-order chi connectivity index (χ0) is 12.4. The first-order chi connectivity index (χ1) is 8.11. The summed E-state index contributed by atoms with van der Waals surface area (Å²) in [6, 6.07) is 6.43. The summed E-state index contributed by atoms with van der Waals surface area (Å²) in [5.74, 6) is 0.101. The Balaban J connectivity index is 2.26. The molecular weight excluding hydrogens is 219 g/mol. The second kappa shape index (κ2) is 4.84. The van der Waals surface area contributed by atoms with Gasteiger partial charge in [-0.3, -0.25) is 4.79 Å². The van der Waals surface area contributed by atoms with Crippen LogP contribution in [-0.4, -0.2) is 23.9 Å². The molecule has 0 spiro atoms. The smallest absolute Gasteiger partial charge is 0.236 e. The molecule has 0 radical (unpaired) electrons. The Hall–Kier alpha value is -1.42. The summed E-state index contributed by atoms with van der Waals surface area (Å²) < 4.78 is 13.2. The van der Waals surface area contributed by atoms with Crippen LogP contribution in [0.3, 0.4) is 0 Å². The van der Waals surface area contributed by atoms with Crippen molar-refractivity contribution in [3.8, 4) is 0 Å². The van der Waals surface area contributed by atoms with E-state index < -0.39 is 0 Å². The van der Waals surface area contributed by atoms with Crippen LogP contribution in [-0.2, 0) is 4.79 Å². The molecule has 0 aliphatic carbocycles. The van der Waals surface area contributed by atoms with Crippen LogP contribution >= 0.6 is 0 Å². The number of nitrogens with two attached hydrogens (primary N) is 1. The summed E-state index contributed by atoms with van der Waals surface area (Å²) in [7, 11) is 0. The lowest BCUT2D eigenvalue weighted by atomic mass is 10.0. The van der Waals surface area contributed by atoms with Gasteiger partial charge in [0.1, 0.15) is 5.82 Å². The van der Waals surface area contributed by atoms with Gasteiger partial charge in [0, 0.05) is 6.54 Å². The number of benzene rings is 1. The topological polar surface area (TPSA) is 46.3 Å². The van der Waals surface area contributed by atoms with Crippen LogP contribution in [0.4, 0.5) is 4.39 Å². The minimum Gasteiger partial charge on any atom is -0.334 e. The molecule has 1 aliphatic heterocycles. The zero-order valence-corrected chi connectivity index (χ0v) is 9.90. The highest BCUT2D eigenvalue weighted by molar-refractivity contribution is 5.78. The fourth-order valence-corrected chi connectivity index (χ4v) is 2.47. The van der Waals surface area contributed by atoms with Crippen LogP contribution in [0.25, 0.3) is 0 Å². The third-order valence-electron chi connectivity index (χ3n) is 3.24. The van der Waals surface area contributed by atoms with Gasteiger partial charge >= 0.3 is 0 Å². The highest BCUT2D eigenvalue weighted by Gasteiger charge is 2.33. The molecule has 0 unspecified atom stereocenters. The molecule has 1 fully saturated rings.